The van der Waals surface area contributed by atoms with E-state index < -0.39 is 0 Å². The van der Waals surface area contributed by atoms with Crippen molar-refractivity contribution in [2.24, 2.45) is 0 Å². The predicted molar refractivity (Wildman–Crippen MR) is 70.3 cm³/mol. The van der Waals surface area contributed by atoms with Gasteiger partial charge in [0.25, 0.3) is 0 Å². The molecule has 17 heavy (non-hydrogen) atoms. The summed E-state index contributed by atoms with van der Waals surface area (Å²) in [4.78, 5) is 8.00. The van der Waals surface area contributed by atoms with Crippen molar-refractivity contribution in [2.45, 2.75) is 24.9 Å². The lowest BCUT2D eigenvalue weighted by Gasteiger charge is -2.51. The Morgan fingerprint density at radius 1 is 0.882 bits per heavy atom. The zero-order valence-electron chi connectivity index (χ0n) is 11.1. The fourth-order valence-corrected chi connectivity index (χ4v) is 3.77. The topological polar surface area (TPSA) is 21.8 Å². The summed E-state index contributed by atoms with van der Waals surface area (Å²) in [5.41, 5.74) is 0. The van der Waals surface area contributed by atoms with Crippen LogP contribution >= 0.6 is 0 Å². The van der Waals surface area contributed by atoms with Crippen LogP contribution in [0.3, 0.4) is 0 Å². The summed E-state index contributed by atoms with van der Waals surface area (Å²) >= 11 is 0. The molecule has 3 aliphatic rings. The van der Waals surface area contributed by atoms with Crippen LogP contribution in [-0.4, -0.2) is 86.2 Å². The lowest BCUT2D eigenvalue weighted by molar-refractivity contribution is -0.00993. The summed E-state index contributed by atoms with van der Waals surface area (Å²) in [6.07, 6.45) is 2.81. The van der Waals surface area contributed by atoms with E-state index >= 15 is 0 Å². The van der Waals surface area contributed by atoms with Crippen molar-refractivity contribution in [2.75, 3.05) is 59.4 Å². The van der Waals surface area contributed by atoms with Gasteiger partial charge in [0.05, 0.1) is 0 Å². The Morgan fingerprint density at radius 3 is 2.47 bits per heavy atom. The van der Waals surface area contributed by atoms with Crippen LogP contribution in [0.5, 0.6) is 0 Å². The smallest absolute Gasteiger partial charge is 0.0379 e. The van der Waals surface area contributed by atoms with E-state index in [1.54, 1.807) is 0 Å². The average Bonchev–Trinajstić information content (AvgIpc) is 2.39. The molecule has 0 spiro atoms. The van der Waals surface area contributed by atoms with Gasteiger partial charge in [-0.1, -0.05) is 0 Å². The number of rotatable bonds is 1. The number of piperidine rings is 1. The summed E-state index contributed by atoms with van der Waals surface area (Å²) in [7, 11) is 2.28. The monoisotopic (exact) mass is 238 g/mol. The van der Waals surface area contributed by atoms with E-state index in [-0.39, 0.29) is 0 Å². The quantitative estimate of drug-likeness (QED) is 0.675. The third kappa shape index (κ3) is 2.50. The van der Waals surface area contributed by atoms with Crippen LogP contribution in [-0.2, 0) is 0 Å². The maximum Gasteiger partial charge on any atom is 0.0379 e. The number of piperazine rings is 2. The highest BCUT2D eigenvalue weighted by Crippen LogP contribution is 2.25. The van der Waals surface area contributed by atoms with Gasteiger partial charge < -0.3 is 10.2 Å². The second-order valence-corrected chi connectivity index (χ2v) is 5.86. The van der Waals surface area contributed by atoms with Gasteiger partial charge in [-0.2, -0.15) is 0 Å². The molecule has 0 bridgehead atoms. The number of nitrogens with one attached hydrogen (secondary N) is 1. The standard InChI is InChI=1S/C13H26N4/c1-15-9-10-16-6-2-3-12(13(16)11-15)17-7-4-14-5-8-17/h12-14H,2-11H2,1H3. The number of hydrogen-bond donors (Lipinski definition) is 1. The Bertz CT molecular complexity index is 252. The van der Waals surface area contributed by atoms with E-state index in [4.69, 9.17) is 0 Å². The largest absolute Gasteiger partial charge is 0.314 e. The average molecular weight is 238 g/mol. The molecule has 3 aliphatic heterocycles. The highest BCUT2D eigenvalue weighted by atomic mass is 15.3. The van der Waals surface area contributed by atoms with E-state index in [0.717, 1.165) is 12.1 Å². The predicted octanol–water partition coefficient (Wildman–Crippen LogP) is -0.330. The van der Waals surface area contributed by atoms with Crippen LogP contribution < -0.4 is 5.32 Å². The minimum atomic E-state index is 0.792. The fraction of sp³-hybridized carbons (Fsp3) is 1.00. The molecule has 4 heteroatoms. The van der Waals surface area contributed by atoms with E-state index in [9.17, 15) is 0 Å². The van der Waals surface area contributed by atoms with Gasteiger partial charge in [-0.05, 0) is 26.4 Å². The zero-order chi connectivity index (χ0) is 11.7. The number of fused-ring (bicyclic) bond motifs is 1. The van der Waals surface area contributed by atoms with Crippen molar-refractivity contribution < 1.29 is 0 Å². The number of likely N-dealkylation sites (N-methyl/N-ethyl adjacent to an activating group) is 1. The normalized spacial score (nSPS) is 37.9. The minimum absolute atomic E-state index is 0.792. The maximum absolute atomic E-state index is 3.47. The van der Waals surface area contributed by atoms with Gasteiger partial charge in [-0.3, -0.25) is 9.80 Å². The van der Waals surface area contributed by atoms with E-state index in [1.807, 2.05) is 0 Å². The van der Waals surface area contributed by atoms with Crippen molar-refractivity contribution in [1.82, 2.24) is 20.0 Å². The summed E-state index contributed by atoms with van der Waals surface area (Å²) in [6, 6.07) is 1.61. The molecule has 3 fully saturated rings. The van der Waals surface area contributed by atoms with Crippen LogP contribution in [0.1, 0.15) is 12.8 Å². The molecule has 2 atom stereocenters. The molecule has 0 amide bonds. The van der Waals surface area contributed by atoms with Crippen molar-refractivity contribution in [3.63, 3.8) is 0 Å². The second-order valence-electron chi connectivity index (χ2n) is 5.86. The molecule has 0 aliphatic carbocycles. The van der Waals surface area contributed by atoms with E-state index in [0.29, 0.717) is 0 Å². The summed E-state index contributed by atoms with van der Waals surface area (Å²) < 4.78 is 0. The molecule has 3 heterocycles. The van der Waals surface area contributed by atoms with Crippen LogP contribution in [0.25, 0.3) is 0 Å². The zero-order valence-corrected chi connectivity index (χ0v) is 11.1. The number of nitrogens with zero attached hydrogens (tertiary/aromatic N) is 3. The Hall–Kier alpha value is -0.160. The van der Waals surface area contributed by atoms with Crippen LogP contribution in [0.2, 0.25) is 0 Å². The summed E-state index contributed by atoms with van der Waals surface area (Å²) in [6.45, 7) is 10.00. The van der Waals surface area contributed by atoms with E-state index in [1.165, 1.54) is 65.2 Å². The molecule has 98 valence electrons. The molecule has 3 saturated heterocycles. The Morgan fingerprint density at radius 2 is 1.65 bits per heavy atom. The maximum atomic E-state index is 3.47. The molecule has 2 unspecified atom stereocenters. The third-order valence-electron chi connectivity index (χ3n) is 4.75. The highest BCUT2D eigenvalue weighted by molar-refractivity contribution is 4.95. The Balaban J connectivity index is 1.68. The minimum Gasteiger partial charge on any atom is -0.314 e. The van der Waals surface area contributed by atoms with Gasteiger partial charge in [-0.15, -0.1) is 0 Å². The van der Waals surface area contributed by atoms with Crippen LogP contribution in [0, 0.1) is 0 Å². The molecule has 0 aromatic carbocycles. The Labute approximate surface area is 105 Å². The number of hydrogen-bond acceptors (Lipinski definition) is 4. The SMILES string of the molecule is CN1CCN2CCCC(N3CCNCC3)C2C1. The fourth-order valence-electron chi connectivity index (χ4n) is 3.77. The molecule has 0 radical (unpaired) electrons. The first-order chi connectivity index (χ1) is 8.34. The summed E-state index contributed by atoms with van der Waals surface area (Å²) in [5, 5.41) is 3.47. The highest BCUT2D eigenvalue weighted by Gasteiger charge is 2.37. The van der Waals surface area contributed by atoms with Gasteiger partial charge in [0, 0.05) is 57.9 Å². The molecular formula is C13H26N4. The second kappa shape index (κ2) is 5.22. The lowest BCUT2D eigenvalue weighted by Crippen LogP contribution is -2.64. The molecule has 3 rings (SSSR count). The first-order valence-electron chi connectivity index (χ1n) is 7.22. The van der Waals surface area contributed by atoms with Crippen molar-refractivity contribution >= 4 is 0 Å². The molecular weight excluding hydrogens is 212 g/mol. The van der Waals surface area contributed by atoms with Gasteiger partial charge in [0.2, 0.25) is 0 Å². The lowest BCUT2D eigenvalue weighted by atomic mass is 9.92. The van der Waals surface area contributed by atoms with Crippen LogP contribution in [0.4, 0.5) is 0 Å². The van der Waals surface area contributed by atoms with Gasteiger partial charge >= 0.3 is 0 Å². The van der Waals surface area contributed by atoms with Gasteiger partial charge in [0.15, 0.2) is 0 Å². The molecule has 0 saturated carbocycles. The molecule has 0 aromatic rings. The molecule has 4 nitrogen and oxygen atoms in total. The van der Waals surface area contributed by atoms with Gasteiger partial charge in [-0.25, -0.2) is 0 Å². The van der Waals surface area contributed by atoms with E-state index in [2.05, 4.69) is 27.1 Å². The summed E-state index contributed by atoms with van der Waals surface area (Å²) in [5.74, 6) is 0. The third-order valence-corrected chi connectivity index (χ3v) is 4.75. The van der Waals surface area contributed by atoms with Crippen LogP contribution in [0.15, 0.2) is 0 Å². The molecule has 0 aromatic heterocycles. The molecule has 1 N–H and O–H groups in total. The van der Waals surface area contributed by atoms with Crippen molar-refractivity contribution in [3.8, 4) is 0 Å². The first-order valence-corrected chi connectivity index (χ1v) is 7.22. The first kappa shape index (κ1) is 11.9. The van der Waals surface area contributed by atoms with Crippen molar-refractivity contribution in [1.29, 1.82) is 0 Å². The van der Waals surface area contributed by atoms with Crippen molar-refractivity contribution in [3.05, 3.63) is 0 Å². The Kier molecular flexibility index (Phi) is 3.66. The van der Waals surface area contributed by atoms with Gasteiger partial charge in [0.1, 0.15) is 0 Å².